The fourth-order valence-corrected chi connectivity index (χ4v) is 5.43. The number of halogens is 4. The van der Waals surface area contributed by atoms with Crippen LogP contribution in [0.2, 0.25) is 5.02 Å². The van der Waals surface area contributed by atoms with Gasteiger partial charge in [-0.2, -0.15) is 13.2 Å². The van der Waals surface area contributed by atoms with Crippen LogP contribution in [0.25, 0.3) is 0 Å². The smallest absolute Gasteiger partial charge is 0.368 e. The lowest BCUT2D eigenvalue weighted by Gasteiger charge is -2.50. The number of nitrogens with one attached hydrogen (secondary N) is 1. The molecule has 4 rings (SSSR count). The van der Waals surface area contributed by atoms with Crippen molar-refractivity contribution in [1.29, 1.82) is 0 Å². The van der Waals surface area contributed by atoms with E-state index in [9.17, 15) is 23.1 Å². The number of hydrogen-bond acceptors (Lipinski definition) is 3. The van der Waals surface area contributed by atoms with Crippen molar-refractivity contribution in [2.75, 3.05) is 26.2 Å². The molecule has 0 unspecified atom stereocenters. The molecule has 2 aromatic rings. The van der Waals surface area contributed by atoms with Crippen LogP contribution in [-0.4, -0.2) is 48.3 Å². The average molecular weight is 467 g/mol. The van der Waals surface area contributed by atoms with Gasteiger partial charge in [0.1, 0.15) is 0 Å². The molecule has 1 amide bonds. The number of rotatable bonds is 3. The van der Waals surface area contributed by atoms with E-state index in [1.54, 1.807) is 0 Å². The highest BCUT2D eigenvalue weighted by atomic mass is 35.5. The number of alkyl halides is 3. The maximum atomic E-state index is 14.0. The lowest BCUT2D eigenvalue weighted by atomic mass is 9.62. The molecule has 0 aliphatic carbocycles. The Morgan fingerprint density at radius 2 is 1.75 bits per heavy atom. The summed E-state index contributed by atoms with van der Waals surface area (Å²) in [6, 6.07) is 14.9. The van der Waals surface area contributed by atoms with E-state index in [1.807, 2.05) is 18.2 Å². The van der Waals surface area contributed by atoms with Crippen molar-refractivity contribution >= 4 is 17.5 Å². The number of aliphatic hydroxyl groups is 1. The van der Waals surface area contributed by atoms with Gasteiger partial charge in [-0.05, 0) is 48.9 Å². The summed E-state index contributed by atoms with van der Waals surface area (Å²) >= 11 is 5.85. The molecule has 0 bridgehead atoms. The van der Waals surface area contributed by atoms with Gasteiger partial charge in [-0.3, -0.25) is 4.79 Å². The number of nitrogens with zero attached hydrogens (tertiary/aromatic N) is 1. The van der Waals surface area contributed by atoms with Gasteiger partial charge in [-0.1, -0.05) is 54.1 Å². The number of carbonyl (C=O) groups excluding carboxylic acids is 1. The molecule has 2 heterocycles. The Morgan fingerprint density at radius 1 is 1.06 bits per heavy atom. The van der Waals surface area contributed by atoms with Crippen LogP contribution in [0, 0.1) is 5.41 Å². The van der Waals surface area contributed by atoms with Crippen molar-refractivity contribution in [3.05, 3.63) is 70.7 Å². The first kappa shape index (κ1) is 23.1. The van der Waals surface area contributed by atoms with Gasteiger partial charge in [-0.15, -0.1) is 0 Å². The molecule has 2 atom stereocenters. The topological polar surface area (TPSA) is 52.6 Å². The van der Waals surface area contributed by atoms with E-state index in [-0.39, 0.29) is 29.4 Å². The summed E-state index contributed by atoms with van der Waals surface area (Å²) in [5, 5.41) is 14.2. The van der Waals surface area contributed by atoms with Crippen LogP contribution in [0.4, 0.5) is 13.2 Å². The number of amides is 1. The molecule has 32 heavy (non-hydrogen) atoms. The molecule has 2 aromatic carbocycles. The second-order valence-corrected chi connectivity index (χ2v) is 9.23. The Balaban J connectivity index is 1.58. The van der Waals surface area contributed by atoms with Crippen molar-refractivity contribution in [3.63, 3.8) is 0 Å². The molecule has 2 fully saturated rings. The quantitative estimate of drug-likeness (QED) is 0.701. The first-order chi connectivity index (χ1) is 15.2. The second kappa shape index (κ2) is 8.69. The molecule has 4 nitrogen and oxygen atoms in total. The van der Waals surface area contributed by atoms with Crippen molar-refractivity contribution < 1.29 is 23.1 Å². The van der Waals surface area contributed by atoms with Crippen molar-refractivity contribution in [2.45, 2.75) is 37.0 Å². The van der Waals surface area contributed by atoms with Gasteiger partial charge >= 0.3 is 6.18 Å². The molecule has 2 N–H and O–H groups in total. The fraction of sp³-hybridized carbons (Fsp3) is 0.458. The van der Waals surface area contributed by atoms with Crippen LogP contribution in [-0.2, 0) is 10.4 Å². The van der Waals surface area contributed by atoms with Gasteiger partial charge in [0, 0.05) is 36.1 Å². The highest BCUT2D eigenvalue weighted by molar-refractivity contribution is 6.30. The van der Waals surface area contributed by atoms with E-state index < -0.39 is 23.2 Å². The van der Waals surface area contributed by atoms with E-state index in [2.05, 4.69) is 17.4 Å². The van der Waals surface area contributed by atoms with Crippen LogP contribution >= 0.6 is 11.6 Å². The maximum absolute atomic E-state index is 14.0. The van der Waals surface area contributed by atoms with E-state index in [1.165, 1.54) is 17.7 Å². The minimum atomic E-state index is -5.18. The van der Waals surface area contributed by atoms with E-state index in [0.717, 1.165) is 36.5 Å². The molecule has 0 aromatic heterocycles. The standard InChI is InChI=1S/C24H26ClF3N2O2/c25-19-8-4-7-18(15-19)23(32,24(26,27)28)21(31)30-13-10-22(11-14-30)9-12-29-16-20(22)17-5-2-1-3-6-17/h1-8,15,20,29,32H,9-14,16H2/t20-,23+/m0/s1. The molecule has 2 saturated heterocycles. The van der Waals surface area contributed by atoms with Crippen LogP contribution in [0.1, 0.15) is 36.3 Å². The van der Waals surface area contributed by atoms with Crippen molar-refractivity contribution in [1.82, 2.24) is 10.2 Å². The zero-order chi connectivity index (χ0) is 23.0. The summed E-state index contributed by atoms with van der Waals surface area (Å²) in [5.41, 5.74) is -3.08. The Morgan fingerprint density at radius 3 is 2.38 bits per heavy atom. The minimum absolute atomic E-state index is 0.0241. The fourth-order valence-electron chi connectivity index (χ4n) is 5.24. The van der Waals surface area contributed by atoms with Gasteiger partial charge in [0.05, 0.1) is 0 Å². The van der Waals surface area contributed by atoms with E-state index in [4.69, 9.17) is 11.6 Å². The van der Waals surface area contributed by atoms with Crippen molar-refractivity contribution in [2.24, 2.45) is 5.41 Å². The summed E-state index contributed by atoms with van der Waals surface area (Å²) in [6.45, 7) is 1.97. The number of hydrogen-bond donors (Lipinski definition) is 2. The Hall–Kier alpha value is -2.09. The summed E-state index contributed by atoms with van der Waals surface area (Å²) < 4.78 is 42.0. The molecule has 8 heteroatoms. The Bertz CT molecular complexity index is 961. The van der Waals surface area contributed by atoms with Gasteiger partial charge in [-0.25, -0.2) is 0 Å². The number of piperidine rings is 2. The molecular weight excluding hydrogens is 441 g/mol. The Kier molecular flexibility index (Phi) is 6.27. The lowest BCUT2D eigenvalue weighted by Crippen LogP contribution is -2.59. The third-order valence-corrected chi connectivity index (χ3v) is 7.33. The summed E-state index contributed by atoms with van der Waals surface area (Å²) in [5.74, 6) is -1.11. The number of carbonyl (C=O) groups is 1. The SMILES string of the molecule is O=C(N1CCC2(CCNC[C@H]2c2ccccc2)CC1)[C@](O)(c1cccc(Cl)c1)C(F)(F)F. The highest BCUT2D eigenvalue weighted by Crippen LogP contribution is 2.49. The first-order valence-electron chi connectivity index (χ1n) is 10.8. The Labute approximate surface area is 190 Å². The summed E-state index contributed by atoms with van der Waals surface area (Å²) in [4.78, 5) is 14.3. The lowest BCUT2D eigenvalue weighted by molar-refractivity contribution is -0.262. The van der Waals surface area contributed by atoms with Gasteiger partial charge < -0.3 is 15.3 Å². The third-order valence-electron chi connectivity index (χ3n) is 7.10. The zero-order valence-corrected chi connectivity index (χ0v) is 18.3. The molecular formula is C24H26ClF3N2O2. The predicted octanol–water partition coefficient (Wildman–Crippen LogP) is 4.48. The van der Waals surface area contributed by atoms with Gasteiger partial charge in [0.2, 0.25) is 0 Å². The summed E-state index contributed by atoms with van der Waals surface area (Å²) in [7, 11) is 0. The van der Waals surface area contributed by atoms with Crippen LogP contribution in [0.15, 0.2) is 54.6 Å². The molecule has 2 aliphatic rings. The summed E-state index contributed by atoms with van der Waals surface area (Å²) in [6.07, 6.45) is -3.11. The van der Waals surface area contributed by atoms with E-state index in [0.29, 0.717) is 12.8 Å². The molecule has 172 valence electrons. The molecule has 0 radical (unpaired) electrons. The zero-order valence-electron chi connectivity index (χ0n) is 17.5. The number of benzene rings is 2. The third kappa shape index (κ3) is 4.02. The van der Waals surface area contributed by atoms with Gasteiger partial charge in [0.15, 0.2) is 0 Å². The molecule has 0 saturated carbocycles. The predicted molar refractivity (Wildman–Crippen MR) is 116 cm³/mol. The largest absolute Gasteiger partial charge is 0.430 e. The minimum Gasteiger partial charge on any atom is -0.368 e. The van der Waals surface area contributed by atoms with Crippen molar-refractivity contribution in [3.8, 4) is 0 Å². The molecule has 1 spiro atoms. The highest BCUT2D eigenvalue weighted by Gasteiger charge is 2.62. The van der Waals surface area contributed by atoms with Crippen LogP contribution < -0.4 is 5.32 Å². The maximum Gasteiger partial charge on any atom is 0.430 e. The van der Waals surface area contributed by atoms with E-state index >= 15 is 0 Å². The normalized spacial score (nSPS) is 23.0. The van der Waals surface area contributed by atoms with Crippen LogP contribution in [0.5, 0.6) is 0 Å². The van der Waals surface area contributed by atoms with Crippen LogP contribution in [0.3, 0.4) is 0 Å². The first-order valence-corrected chi connectivity index (χ1v) is 11.2. The molecule has 2 aliphatic heterocycles. The monoisotopic (exact) mass is 466 g/mol. The number of likely N-dealkylation sites (tertiary alicyclic amines) is 1. The van der Waals surface area contributed by atoms with Gasteiger partial charge in [0.25, 0.3) is 11.5 Å². The average Bonchev–Trinajstić information content (AvgIpc) is 2.79. The second-order valence-electron chi connectivity index (χ2n) is 8.79.